The summed E-state index contributed by atoms with van der Waals surface area (Å²) in [7, 11) is -5.07. The van der Waals surface area contributed by atoms with Crippen molar-refractivity contribution in [1.82, 2.24) is 0 Å². The molecule has 1 rings (SSSR count). The van der Waals surface area contributed by atoms with Gasteiger partial charge in [-0.05, 0) is 13.8 Å². The lowest BCUT2D eigenvalue weighted by Crippen LogP contribution is -2.12. The molecule has 0 aromatic rings. The van der Waals surface area contributed by atoms with Crippen molar-refractivity contribution < 1.29 is 28.4 Å². The van der Waals surface area contributed by atoms with Gasteiger partial charge in [-0.15, -0.1) is 0 Å². The molecule has 6 nitrogen and oxygen atoms in total. The first-order chi connectivity index (χ1) is 10.1. The summed E-state index contributed by atoms with van der Waals surface area (Å²) in [6, 6.07) is 0. The monoisotopic (exact) mass is 360 g/mol. The van der Waals surface area contributed by atoms with Gasteiger partial charge in [-0.3, -0.25) is 9.13 Å². The van der Waals surface area contributed by atoms with Crippen LogP contribution >= 0.6 is 14.7 Å². The van der Waals surface area contributed by atoms with Crippen molar-refractivity contribution in [3.8, 4) is 0 Å². The number of aliphatic hydroxyl groups excluding tert-OH is 1. The third-order valence-corrected chi connectivity index (χ3v) is 7.73. The van der Waals surface area contributed by atoms with Crippen LogP contribution in [0.25, 0.3) is 0 Å². The first kappa shape index (κ1) is 24.6. The molecule has 1 aliphatic rings. The van der Waals surface area contributed by atoms with Crippen molar-refractivity contribution in [3.05, 3.63) is 0 Å². The van der Waals surface area contributed by atoms with Crippen LogP contribution < -0.4 is 0 Å². The van der Waals surface area contributed by atoms with Crippen LogP contribution in [0, 0.1) is 0 Å². The molecule has 0 aliphatic carbocycles. The maximum Gasteiger partial charge on any atom is 0.202 e. The maximum absolute atomic E-state index is 11.6. The molecule has 1 aliphatic heterocycles. The molecule has 2 atom stereocenters. The van der Waals surface area contributed by atoms with Gasteiger partial charge < -0.3 is 19.3 Å². The Morgan fingerprint density at radius 1 is 1.14 bits per heavy atom. The Balaban J connectivity index is 0. The second-order valence-corrected chi connectivity index (χ2v) is 11.2. The highest BCUT2D eigenvalue weighted by atomic mass is 31.2. The molecule has 1 saturated heterocycles. The largest absolute Gasteiger partial charge is 0.394 e. The summed E-state index contributed by atoms with van der Waals surface area (Å²) in [5.41, 5.74) is 0. The van der Waals surface area contributed by atoms with E-state index in [4.69, 9.17) is 19.3 Å². The molecule has 0 aromatic carbocycles. The minimum Gasteiger partial charge on any atom is -0.394 e. The Kier molecular flexibility index (Phi) is 14.2. The fraction of sp³-hybridized carbons (Fsp3) is 1.00. The highest BCUT2D eigenvalue weighted by Crippen LogP contribution is 2.46. The highest BCUT2D eigenvalue weighted by Gasteiger charge is 2.20. The van der Waals surface area contributed by atoms with Gasteiger partial charge >= 0.3 is 0 Å². The number of ether oxygens (including phenoxy) is 1. The molecule has 0 bridgehead atoms. The van der Waals surface area contributed by atoms with Crippen molar-refractivity contribution >= 4 is 14.7 Å². The molecule has 0 saturated carbocycles. The van der Waals surface area contributed by atoms with Crippen molar-refractivity contribution in [1.29, 1.82) is 0 Å². The van der Waals surface area contributed by atoms with Gasteiger partial charge in [0.15, 0.2) is 7.37 Å². The second kappa shape index (κ2) is 12.7. The fourth-order valence-corrected chi connectivity index (χ4v) is 2.97. The molecule has 8 heteroatoms. The van der Waals surface area contributed by atoms with Gasteiger partial charge in [-0.25, -0.2) is 0 Å². The van der Waals surface area contributed by atoms with Crippen molar-refractivity contribution in [3.63, 3.8) is 0 Å². The smallest absolute Gasteiger partial charge is 0.202 e. The lowest BCUT2D eigenvalue weighted by molar-refractivity contribution is 0.132. The van der Waals surface area contributed by atoms with Gasteiger partial charge in [0.25, 0.3) is 0 Å². The van der Waals surface area contributed by atoms with E-state index < -0.39 is 14.7 Å². The summed E-state index contributed by atoms with van der Waals surface area (Å²) in [6.45, 7) is 11.8. The van der Waals surface area contributed by atoms with Crippen LogP contribution in [0.4, 0.5) is 0 Å². The minimum absolute atomic E-state index is 0.0655. The van der Waals surface area contributed by atoms with Crippen molar-refractivity contribution in [2.24, 2.45) is 0 Å². The van der Waals surface area contributed by atoms with E-state index >= 15 is 0 Å². The average molecular weight is 360 g/mol. The first-order valence-electron chi connectivity index (χ1n) is 7.89. The van der Waals surface area contributed by atoms with Crippen LogP contribution in [-0.4, -0.2) is 60.1 Å². The van der Waals surface area contributed by atoms with Crippen LogP contribution in [0.2, 0.25) is 0 Å². The topological polar surface area (TPSA) is 96.4 Å². The number of hydrogen-bond donors (Lipinski definition) is 2. The van der Waals surface area contributed by atoms with E-state index in [1.807, 2.05) is 13.8 Å². The normalized spacial score (nSPS) is 18.5. The van der Waals surface area contributed by atoms with Crippen LogP contribution in [0.15, 0.2) is 0 Å². The molecule has 2 N–H and O–H groups in total. The molecule has 0 aromatic heterocycles. The Bertz CT molecular complexity index is 341. The molecule has 0 amide bonds. The molecule has 1 fully saturated rings. The molecule has 0 radical (unpaired) electrons. The molecule has 22 heavy (non-hydrogen) atoms. The molecule has 0 spiro atoms. The quantitative estimate of drug-likeness (QED) is 0.533. The van der Waals surface area contributed by atoms with E-state index in [9.17, 15) is 9.13 Å². The fourth-order valence-electron chi connectivity index (χ4n) is 1.05. The molecule has 136 valence electrons. The first-order valence-corrected chi connectivity index (χ1v) is 11.9. The molecular weight excluding hydrogens is 326 g/mol. The van der Waals surface area contributed by atoms with Crippen molar-refractivity contribution in [2.45, 2.75) is 53.8 Å². The summed E-state index contributed by atoms with van der Waals surface area (Å²) >= 11 is 0. The summed E-state index contributed by atoms with van der Waals surface area (Å²) in [6.07, 6.45) is 2.19. The second-order valence-electron chi connectivity index (χ2n) is 5.17. The van der Waals surface area contributed by atoms with Gasteiger partial charge in [0.05, 0.1) is 25.4 Å². The SMILES string of the molecule is CC1CO1.CCP(=O)(CC)OC(C)CO.CCP(=O)(O)CC. The van der Waals surface area contributed by atoms with Gasteiger partial charge in [-0.1, -0.05) is 27.7 Å². The van der Waals surface area contributed by atoms with Gasteiger partial charge in [0.2, 0.25) is 7.37 Å². The zero-order valence-corrected chi connectivity index (χ0v) is 16.6. The van der Waals surface area contributed by atoms with Crippen LogP contribution in [-0.2, 0) is 18.4 Å². The average Bonchev–Trinajstić information content (AvgIpc) is 3.30. The zero-order valence-electron chi connectivity index (χ0n) is 14.8. The third-order valence-electron chi connectivity index (χ3n) is 3.08. The Morgan fingerprint density at radius 2 is 1.50 bits per heavy atom. The van der Waals surface area contributed by atoms with Gasteiger partial charge in [0, 0.05) is 24.6 Å². The molecular formula is C14H34O6P2. The number of hydrogen-bond acceptors (Lipinski definition) is 5. The van der Waals surface area contributed by atoms with Crippen LogP contribution in [0.1, 0.15) is 41.5 Å². The predicted molar refractivity (Wildman–Crippen MR) is 92.6 cm³/mol. The summed E-state index contributed by atoms with van der Waals surface area (Å²) < 4.78 is 32.0. The molecule has 1 heterocycles. The van der Waals surface area contributed by atoms with Crippen molar-refractivity contribution in [2.75, 3.05) is 37.9 Å². The summed E-state index contributed by atoms with van der Waals surface area (Å²) in [5.74, 6) is 0. The lowest BCUT2D eigenvalue weighted by Gasteiger charge is -2.18. The maximum atomic E-state index is 11.6. The van der Waals surface area contributed by atoms with E-state index in [1.54, 1.807) is 20.8 Å². The zero-order chi connectivity index (χ0) is 17.8. The molecule has 2 unspecified atom stereocenters. The number of aliphatic hydroxyl groups is 1. The van der Waals surface area contributed by atoms with Crippen LogP contribution in [0.5, 0.6) is 0 Å². The summed E-state index contributed by atoms with van der Waals surface area (Å²) in [4.78, 5) is 8.69. The van der Waals surface area contributed by atoms with Gasteiger partial charge in [-0.2, -0.15) is 0 Å². The Morgan fingerprint density at radius 3 is 1.64 bits per heavy atom. The van der Waals surface area contributed by atoms with E-state index in [1.165, 1.54) is 0 Å². The van der Waals surface area contributed by atoms with E-state index in [0.29, 0.717) is 30.8 Å². The van der Waals surface area contributed by atoms with Gasteiger partial charge in [0.1, 0.15) is 0 Å². The van der Waals surface area contributed by atoms with Crippen LogP contribution in [0.3, 0.4) is 0 Å². The summed E-state index contributed by atoms with van der Waals surface area (Å²) in [5, 5.41) is 8.64. The number of epoxide rings is 1. The van der Waals surface area contributed by atoms with E-state index in [0.717, 1.165) is 6.61 Å². The minimum atomic E-state index is -2.65. The predicted octanol–water partition coefficient (Wildman–Crippen LogP) is 3.40. The standard InChI is InChI=1S/C7H17O3P.C4H11O2P.C3H6O/c1-4-11(9,5-2)10-7(3)6-8;1-3-7(5,6)4-2;1-3-2-4-3/h7-8H,4-6H2,1-3H3;3-4H2,1-2H3,(H,5,6);3H,2H2,1H3. The van der Waals surface area contributed by atoms with E-state index in [2.05, 4.69) is 6.92 Å². The highest BCUT2D eigenvalue weighted by molar-refractivity contribution is 7.58. The Labute approximate surface area is 135 Å². The number of rotatable bonds is 7. The lowest BCUT2D eigenvalue weighted by atomic mass is 10.5. The third kappa shape index (κ3) is 15.2. The Hall–Kier alpha value is 0.300. The van der Waals surface area contributed by atoms with E-state index in [-0.39, 0.29) is 12.7 Å².